The lowest BCUT2D eigenvalue weighted by molar-refractivity contribution is 0.425. The van der Waals surface area contributed by atoms with Gasteiger partial charge in [-0.3, -0.25) is 4.98 Å². The second-order valence-electron chi connectivity index (χ2n) is 5.98. The Hall–Kier alpha value is -2.17. The molecule has 0 spiro atoms. The summed E-state index contributed by atoms with van der Waals surface area (Å²) in [5.41, 5.74) is 2.30. The lowest BCUT2D eigenvalue weighted by Crippen LogP contribution is -2.50. The van der Waals surface area contributed by atoms with E-state index in [0.29, 0.717) is 11.8 Å². The first kappa shape index (κ1) is 12.6. The van der Waals surface area contributed by atoms with Crippen LogP contribution in [0, 0.1) is 5.92 Å². The van der Waals surface area contributed by atoms with E-state index < -0.39 is 0 Å². The van der Waals surface area contributed by atoms with E-state index in [1.807, 2.05) is 24.5 Å². The Morgan fingerprint density at radius 3 is 2.52 bits per heavy atom. The van der Waals surface area contributed by atoms with E-state index in [4.69, 9.17) is 0 Å². The summed E-state index contributed by atoms with van der Waals surface area (Å²) in [6.45, 7) is 3.10. The molecule has 0 atom stereocenters. The van der Waals surface area contributed by atoms with Gasteiger partial charge in [-0.25, -0.2) is 0 Å². The van der Waals surface area contributed by atoms with Crippen molar-refractivity contribution in [1.82, 2.24) is 15.2 Å². The highest BCUT2D eigenvalue weighted by Gasteiger charge is 2.29. The summed E-state index contributed by atoms with van der Waals surface area (Å²) in [7, 11) is 0. The van der Waals surface area contributed by atoms with Gasteiger partial charge in [0, 0.05) is 49.6 Å². The Bertz CT molecular complexity index is 588. The number of rotatable bonds is 5. The Kier molecular flexibility index (Phi) is 3.18. The lowest BCUT2D eigenvalue weighted by Gasteiger charge is -2.40. The summed E-state index contributed by atoms with van der Waals surface area (Å²) in [5.74, 6) is 2.36. The van der Waals surface area contributed by atoms with E-state index in [9.17, 15) is 0 Å². The van der Waals surface area contributed by atoms with E-state index in [0.717, 1.165) is 36.8 Å². The molecule has 2 aromatic rings. The number of pyridine rings is 1. The third-order valence-corrected chi connectivity index (χ3v) is 4.22. The molecule has 0 amide bonds. The van der Waals surface area contributed by atoms with Crippen molar-refractivity contribution in [2.24, 2.45) is 5.92 Å². The van der Waals surface area contributed by atoms with Crippen LogP contribution in [0.25, 0.3) is 0 Å². The number of hydrogen-bond donors (Lipinski definition) is 1. The number of nitrogens with one attached hydrogen (secondary N) is 1. The predicted molar refractivity (Wildman–Crippen MR) is 82.4 cm³/mol. The van der Waals surface area contributed by atoms with Gasteiger partial charge in [0.25, 0.3) is 0 Å². The molecule has 1 N–H and O–H groups in total. The van der Waals surface area contributed by atoms with Gasteiger partial charge in [-0.05, 0) is 37.1 Å². The van der Waals surface area contributed by atoms with Crippen LogP contribution in [0.1, 0.15) is 24.5 Å². The average molecular weight is 281 g/mol. The van der Waals surface area contributed by atoms with Crippen molar-refractivity contribution in [3.8, 4) is 0 Å². The minimum atomic E-state index is 0.670. The molecule has 1 saturated heterocycles. The van der Waals surface area contributed by atoms with E-state index in [1.54, 1.807) is 0 Å². The average Bonchev–Trinajstić information content (AvgIpc) is 3.32. The predicted octanol–water partition coefficient (Wildman–Crippen LogP) is 2.30. The first-order chi connectivity index (χ1) is 10.4. The van der Waals surface area contributed by atoms with Gasteiger partial charge in [0.05, 0.1) is 5.69 Å². The number of anilines is 2. The molecule has 5 heteroatoms. The van der Waals surface area contributed by atoms with E-state index in [1.165, 1.54) is 12.8 Å². The molecule has 5 nitrogen and oxygen atoms in total. The summed E-state index contributed by atoms with van der Waals surface area (Å²) >= 11 is 0. The molecule has 0 bridgehead atoms. The molecule has 108 valence electrons. The Balaban J connectivity index is 1.26. The SMILES string of the molecule is c1cc(NCC2CN(c3ccc(C4CC4)nn3)C2)ccn1. The summed E-state index contributed by atoms with van der Waals surface area (Å²) in [6.07, 6.45) is 6.18. The van der Waals surface area contributed by atoms with Crippen molar-refractivity contribution in [3.63, 3.8) is 0 Å². The zero-order valence-corrected chi connectivity index (χ0v) is 11.9. The molecule has 0 aromatic carbocycles. The normalized spacial score (nSPS) is 18.4. The van der Waals surface area contributed by atoms with Crippen LogP contribution in [0.15, 0.2) is 36.7 Å². The van der Waals surface area contributed by atoms with Crippen LogP contribution in [0.4, 0.5) is 11.5 Å². The summed E-state index contributed by atoms with van der Waals surface area (Å²) in [4.78, 5) is 6.31. The number of nitrogens with zero attached hydrogens (tertiary/aromatic N) is 4. The fourth-order valence-electron chi connectivity index (χ4n) is 2.72. The number of hydrogen-bond acceptors (Lipinski definition) is 5. The van der Waals surface area contributed by atoms with Crippen molar-refractivity contribution in [1.29, 1.82) is 0 Å². The van der Waals surface area contributed by atoms with E-state index >= 15 is 0 Å². The van der Waals surface area contributed by atoms with Crippen LogP contribution < -0.4 is 10.2 Å². The molecule has 4 rings (SSSR count). The maximum absolute atomic E-state index is 4.36. The molecule has 0 unspecified atom stereocenters. The van der Waals surface area contributed by atoms with Crippen molar-refractivity contribution in [3.05, 3.63) is 42.4 Å². The van der Waals surface area contributed by atoms with Crippen LogP contribution >= 0.6 is 0 Å². The molecule has 2 aliphatic rings. The third kappa shape index (κ3) is 2.82. The van der Waals surface area contributed by atoms with Gasteiger partial charge in [0.2, 0.25) is 0 Å². The van der Waals surface area contributed by atoms with Crippen LogP contribution in [-0.4, -0.2) is 34.8 Å². The second kappa shape index (κ2) is 5.31. The zero-order valence-electron chi connectivity index (χ0n) is 11.9. The molecule has 1 aliphatic heterocycles. The van der Waals surface area contributed by atoms with Crippen LogP contribution in [-0.2, 0) is 0 Å². The fraction of sp³-hybridized carbons (Fsp3) is 0.438. The van der Waals surface area contributed by atoms with Crippen molar-refractivity contribution in [2.75, 3.05) is 29.9 Å². The summed E-state index contributed by atoms with van der Waals surface area (Å²) in [6, 6.07) is 8.26. The highest BCUT2D eigenvalue weighted by Crippen LogP contribution is 2.38. The summed E-state index contributed by atoms with van der Waals surface area (Å²) in [5, 5.41) is 12.2. The quantitative estimate of drug-likeness (QED) is 0.911. The minimum absolute atomic E-state index is 0.670. The molecular formula is C16H19N5. The van der Waals surface area contributed by atoms with Gasteiger partial charge in [-0.2, -0.15) is 5.10 Å². The van der Waals surface area contributed by atoms with E-state index in [2.05, 4.69) is 37.5 Å². The second-order valence-corrected chi connectivity index (χ2v) is 5.98. The fourth-order valence-corrected chi connectivity index (χ4v) is 2.72. The van der Waals surface area contributed by atoms with Gasteiger partial charge < -0.3 is 10.2 Å². The molecule has 0 radical (unpaired) electrons. The molecule has 1 saturated carbocycles. The zero-order chi connectivity index (χ0) is 14.1. The first-order valence-electron chi connectivity index (χ1n) is 7.61. The standard InChI is InChI=1S/C16H19N5/c1-2-13(1)15-3-4-16(20-19-15)21-10-12(11-21)9-18-14-5-7-17-8-6-14/h3-8,12-13H,1-2,9-11H2,(H,17,18). The van der Waals surface area contributed by atoms with Crippen molar-refractivity contribution >= 4 is 11.5 Å². The van der Waals surface area contributed by atoms with Gasteiger partial charge in [0.1, 0.15) is 0 Å². The largest absolute Gasteiger partial charge is 0.385 e. The molecule has 1 aliphatic carbocycles. The smallest absolute Gasteiger partial charge is 0.151 e. The van der Waals surface area contributed by atoms with Crippen LogP contribution in [0.3, 0.4) is 0 Å². The van der Waals surface area contributed by atoms with Gasteiger partial charge >= 0.3 is 0 Å². The highest BCUT2D eigenvalue weighted by molar-refractivity contribution is 5.43. The minimum Gasteiger partial charge on any atom is -0.385 e. The summed E-state index contributed by atoms with van der Waals surface area (Å²) < 4.78 is 0. The maximum atomic E-state index is 4.36. The molecular weight excluding hydrogens is 262 g/mol. The van der Waals surface area contributed by atoms with Gasteiger partial charge in [0.15, 0.2) is 5.82 Å². The topological polar surface area (TPSA) is 53.9 Å². The van der Waals surface area contributed by atoms with E-state index in [-0.39, 0.29) is 0 Å². The highest BCUT2D eigenvalue weighted by atomic mass is 15.3. The van der Waals surface area contributed by atoms with Gasteiger partial charge in [-0.15, -0.1) is 5.10 Å². The monoisotopic (exact) mass is 281 g/mol. The Labute approximate surface area is 124 Å². The maximum Gasteiger partial charge on any atom is 0.151 e. The number of aromatic nitrogens is 3. The Morgan fingerprint density at radius 2 is 1.86 bits per heavy atom. The molecule has 21 heavy (non-hydrogen) atoms. The Morgan fingerprint density at radius 1 is 1.05 bits per heavy atom. The van der Waals surface area contributed by atoms with Gasteiger partial charge in [-0.1, -0.05) is 0 Å². The van der Waals surface area contributed by atoms with Crippen molar-refractivity contribution in [2.45, 2.75) is 18.8 Å². The first-order valence-corrected chi connectivity index (χ1v) is 7.61. The third-order valence-electron chi connectivity index (χ3n) is 4.22. The van der Waals surface area contributed by atoms with Crippen LogP contribution in [0.2, 0.25) is 0 Å². The molecule has 3 heterocycles. The molecule has 2 fully saturated rings. The van der Waals surface area contributed by atoms with Crippen LogP contribution in [0.5, 0.6) is 0 Å². The molecule has 2 aromatic heterocycles. The van der Waals surface area contributed by atoms with Crippen molar-refractivity contribution < 1.29 is 0 Å². The lowest BCUT2D eigenvalue weighted by atomic mass is 10.00.